The maximum Gasteiger partial charge on any atom is 0.305 e. The van der Waals surface area contributed by atoms with Gasteiger partial charge in [0.15, 0.2) is 0 Å². The Kier molecular flexibility index (Phi) is 20.3. The molecule has 0 aliphatic heterocycles. The Morgan fingerprint density at radius 3 is 1.76 bits per heavy atom. The monoisotopic (exact) mass is 412 g/mol. The molecule has 0 bridgehead atoms. The standard InChI is InChI=1S/C24H44O5/c1-3-5-6-7-8-9-10-11-12-13-14-15-16-17-24(27)29-20-22(19-28-21-25)18-23(26)4-2/h21-22H,3-20H2,1-2H3. The van der Waals surface area contributed by atoms with Crippen molar-refractivity contribution in [3.63, 3.8) is 0 Å². The molecule has 0 rings (SSSR count). The molecule has 0 spiro atoms. The number of unbranched alkanes of at least 4 members (excludes halogenated alkanes) is 12. The molecule has 1 atom stereocenters. The second-order valence-electron chi connectivity index (χ2n) is 8.07. The zero-order valence-electron chi connectivity index (χ0n) is 18.9. The highest BCUT2D eigenvalue weighted by atomic mass is 16.5. The lowest BCUT2D eigenvalue weighted by Gasteiger charge is -2.15. The van der Waals surface area contributed by atoms with Gasteiger partial charge >= 0.3 is 5.97 Å². The quantitative estimate of drug-likeness (QED) is 0.121. The molecule has 5 heteroatoms. The predicted octanol–water partition coefficient (Wildman–Crippen LogP) is 6.17. The molecule has 0 aromatic carbocycles. The second kappa shape index (κ2) is 21.3. The average Bonchev–Trinajstić information content (AvgIpc) is 2.73. The van der Waals surface area contributed by atoms with Crippen LogP contribution >= 0.6 is 0 Å². The molecule has 1 unspecified atom stereocenters. The predicted molar refractivity (Wildman–Crippen MR) is 117 cm³/mol. The summed E-state index contributed by atoms with van der Waals surface area (Å²) in [6, 6.07) is 0. The molecule has 0 aliphatic rings. The Balaban J connectivity index is 3.56. The van der Waals surface area contributed by atoms with Gasteiger partial charge in [-0.1, -0.05) is 90.9 Å². The third-order valence-corrected chi connectivity index (χ3v) is 5.28. The van der Waals surface area contributed by atoms with Gasteiger partial charge in [0.1, 0.15) is 5.78 Å². The van der Waals surface area contributed by atoms with Crippen LogP contribution in [0, 0.1) is 5.92 Å². The molecule has 29 heavy (non-hydrogen) atoms. The molecule has 0 saturated heterocycles. The number of ether oxygens (including phenoxy) is 2. The fraction of sp³-hybridized carbons (Fsp3) is 0.875. The average molecular weight is 413 g/mol. The summed E-state index contributed by atoms with van der Waals surface area (Å²) in [6.45, 7) is 4.65. The first-order valence-electron chi connectivity index (χ1n) is 11.9. The van der Waals surface area contributed by atoms with Crippen LogP contribution in [0.1, 0.15) is 117 Å². The van der Waals surface area contributed by atoms with Gasteiger partial charge in [0.25, 0.3) is 6.47 Å². The van der Waals surface area contributed by atoms with Crippen molar-refractivity contribution in [2.24, 2.45) is 5.92 Å². The van der Waals surface area contributed by atoms with Gasteiger partial charge < -0.3 is 9.47 Å². The number of hydrogen-bond acceptors (Lipinski definition) is 5. The summed E-state index contributed by atoms with van der Waals surface area (Å²) < 4.78 is 10.00. The second-order valence-corrected chi connectivity index (χ2v) is 8.07. The number of hydrogen-bond donors (Lipinski definition) is 0. The van der Waals surface area contributed by atoms with Crippen LogP contribution in [0.3, 0.4) is 0 Å². The molecular formula is C24H44O5. The van der Waals surface area contributed by atoms with Crippen LogP contribution < -0.4 is 0 Å². The van der Waals surface area contributed by atoms with Crippen LogP contribution in [-0.4, -0.2) is 31.4 Å². The Morgan fingerprint density at radius 1 is 0.759 bits per heavy atom. The van der Waals surface area contributed by atoms with Crippen molar-refractivity contribution >= 4 is 18.2 Å². The highest BCUT2D eigenvalue weighted by Crippen LogP contribution is 2.13. The first-order valence-corrected chi connectivity index (χ1v) is 11.9. The lowest BCUT2D eigenvalue weighted by molar-refractivity contribution is -0.147. The first-order chi connectivity index (χ1) is 14.1. The third kappa shape index (κ3) is 19.7. The van der Waals surface area contributed by atoms with Crippen molar-refractivity contribution in [3.8, 4) is 0 Å². The van der Waals surface area contributed by atoms with Crippen LogP contribution in [0.4, 0.5) is 0 Å². The fourth-order valence-electron chi connectivity index (χ4n) is 3.38. The van der Waals surface area contributed by atoms with Gasteiger partial charge in [0.05, 0.1) is 13.2 Å². The maximum atomic E-state index is 11.9. The largest absolute Gasteiger partial charge is 0.467 e. The summed E-state index contributed by atoms with van der Waals surface area (Å²) in [5, 5.41) is 0. The number of carbonyl (C=O) groups excluding carboxylic acids is 3. The molecular weight excluding hydrogens is 368 g/mol. The van der Waals surface area contributed by atoms with Crippen molar-refractivity contribution in [1.29, 1.82) is 0 Å². The van der Waals surface area contributed by atoms with Gasteiger partial charge in [0, 0.05) is 25.2 Å². The van der Waals surface area contributed by atoms with E-state index in [1.54, 1.807) is 6.92 Å². The summed E-state index contributed by atoms with van der Waals surface area (Å²) in [4.78, 5) is 33.8. The van der Waals surface area contributed by atoms with E-state index in [-0.39, 0.29) is 37.3 Å². The van der Waals surface area contributed by atoms with E-state index < -0.39 is 0 Å². The Hall–Kier alpha value is -1.39. The molecule has 0 amide bonds. The molecule has 5 nitrogen and oxygen atoms in total. The van der Waals surface area contributed by atoms with Crippen LogP contribution in [0.5, 0.6) is 0 Å². The van der Waals surface area contributed by atoms with E-state index >= 15 is 0 Å². The van der Waals surface area contributed by atoms with E-state index in [0.29, 0.717) is 19.3 Å². The van der Waals surface area contributed by atoms with E-state index in [0.717, 1.165) is 12.8 Å². The summed E-state index contributed by atoms with van der Waals surface area (Å²) in [5.74, 6) is -0.395. The summed E-state index contributed by atoms with van der Waals surface area (Å²) in [7, 11) is 0. The Morgan fingerprint density at radius 2 is 1.28 bits per heavy atom. The third-order valence-electron chi connectivity index (χ3n) is 5.28. The minimum absolute atomic E-state index is 0.0806. The summed E-state index contributed by atoms with van der Waals surface area (Å²) >= 11 is 0. The van der Waals surface area contributed by atoms with Gasteiger partial charge in [-0.25, -0.2) is 0 Å². The zero-order chi connectivity index (χ0) is 21.6. The molecule has 0 aromatic heterocycles. The number of ketones is 1. The SMILES string of the molecule is CCCCCCCCCCCCCCCC(=O)OCC(COC=O)CC(=O)CC. The highest BCUT2D eigenvalue weighted by molar-refractivity contribution is 5.78. The Bertz CT molecular complexity index is 408. The Labute approximate surface area is 178 Å². The van der Waals surface area contributed by atoms with E-state index in [1.807, 2.05) is 0 Å². The molecule has 0 saturated carbocycles. The molecule has 0 aliphatic carbocycles. The zero-order valence-corrected chi connectivity index (χ0v) is 18.9. The molecule has 0 N–H and O–H groups in total. The number of esters is 1. The van der Waals surface area contributed by atoms with E-state index in [9.17, 15) is 14.4 Å². The molecule has 0 radical (unpaired) electrons. The van der Waals surface area contributed by atoms with E-state index in [1.165, 1.54) is 70.6 Å². The van der Waals surface area contributed by atoms with Crippen molar-refractivity contribution in [2.75, 3.05) is 13.2 Å². The van der Waals surface area contributed by atoms with Crippen molar-refractivity contribution in [2.45, 2.75) is 117 Å². The van der Waals surface area contributed by atoms with Gasteiger partial charge in [-0.2, -0.15) is 0 Å². The number of carbonyl (C=O) groups is 3. The van der Waals surface area contributed by atoms with E-state index in [2.05, 4.69) is 6.92 Å². The van der Waals surface area contributed by atoms with Crippen LogP contribution in [-0.2, 0) is 23.9 Å². The van der Waals surface area contributed by atoms with Crippen LogP contribution in [0.15, 0.2) is 0 Å². The summed E-state index contributed by atoms with van der Waals surface area (Å²) in [6.07, 6.45) is 17.7. The molecule has 0 heterocycles. The van der Waals surface area contributed by atoms with Gasteiger partial charge in [-0.3, -0.25) is 14.4 Å². The topological polar surface area (TPSA) is 69.7 Å². The fourth-order valence-corrected chi connectivity index (χ4v) is 3.38. The molecule has 170 valence electrons. The normalized spacial score (nSPS) is 11.8. The van der Waals surface area contributed by atoms with Gasteiger partial charge in [-0.15, -0.1) is 0 Å². The van der Waals surface area contributed by atoms with Crippen molar-refractivity contribution < 1.29 is 23.9 Å². The minimum Gasteiger partial charge on any atom is -0.467 e. The highest BCUT2D eigenvalue weighted by Gasteiger charge is 2.16. The van der Waals surface area contributed by atoms with E-state index in [4.69, 9.17) is 9.47 Å². The minimum atomic E-state index is -0.247. The molecule has 0 aromatic rings. The van der Waals surface area contributed by atoms with Crippen LogP contribution in [0.25, 0.3) is 0 Å². The lowest BCUT2D eigenvalue weighted by atomic mass is 10.0. The first kappa shape index (κ1) is 27.6. The number of rotatable bonds is 22. The van der Waals surface area contributed by atoms with Gasteiger partial charge in [0.2, 0.25) is 0 Å². The van der Waals surface area contributed by atoms with Crippen molar-refractivity contribution in [1.82, 2.24) is 0 Å². The smallest absolute Gasteiger partial charge is 0.305 e. The van der Waals surface area contributed by atoms with Crippen molar-refractivity contribution in [3.05, 3.63) is 0 Å². The number of Topliss-reactive ketones (excluding diaryl/α,β-unsaturated/α-hetero) is 1. The summed E-state index contributed by atoms with van der Waals surface area (Å²) in [5.41, 5.74) is 0. The lowest BCUT2D eigenvalue weighted by Crippen LogP contribution is -2.21. The van der Waals surface area contributed by atoms with Crippen LogP contribution in [0.2, 0.25) is 0 Å². The van der Waals surface area contributed by atoms with Gasteiger partial charge in [-0.05, 0) is 6.42 Å². The molecule has 0 fully saturated rings. The maximum absolute atomic E-state index is 11.9.